The minimum absolute atomic E-state index is 0.0548. The number of hydrogen-bond donors (Lipinski definition) is 0. The predicted octanol–water partition coefficient (Wildman–Crippen LogP) is 7.44. The number of hydrogen-bond acceptors (Lipinski definition) is 4. The maximum absolute atomic E-state index is 6.29. The van der Waals surface area contributed by atoms with Crippen LogP contribution in [0.15, 0.2) is 106 Å². The van der Waals surface area contributed by atoms with Gasteiger partial charge in [0.2, 0.25) is 0 Å². The molecule has 0 aliphatic heterocycles. The molecule has 0 aliphatic carbocycles. The van der Waals surface area contributed by atoms with Crippen LogP contribution in [0.1, 0.15) is 16.6 Å². The maximum atomic E-state index is 6.29. The molecule has 0 saturated heterocycles. The molecule has 3 aromatic carbocycles. The summed E-state index contributed by atoms with van der Waals surface area (Å²) in [5, 5.41) is 0.0548. The highest BCUT2D eigenvalue weighted by Gasteiger charge is 2.21. The molecule has 2 heterocycles. The van der Waals surface area contributed by atoms with Crippen LogP contribution in [-0.4, -0.2) is 4.98 Å². The van der Waals surface area contributed by atoms with E-state index in [1.54, 1.807) is 23.1 Å². The summed E-state index contributed by atoms with van der Waals surface area (Å²) < 4.78 is 8.55. The summed E-state index contributed by atoms with van der Waals surface area (Å²) in [5.41, 5.74) is 3.34. The molecule has 4 heteroatoms. The van der Waals surface area contributed by atoms with Crippen LogP contribution >= 0.6 is 23.1 Å². The number of furan rings is 1. The van der Waals surface area contributed by atoms with E-state index in [2.05, 4.69) is 66.7 Å². The molecule has 0 spiro atoms. The van der Waals surface area contributed by atoms with Crippen LogP contribution in [-0.2, 0) is 0 Å². The molecule has 0 amide bonds. The van der Waals surface area contributed by atoms with E-state index in [1.165, 1.54) is 10.3 Å². The topological polar surface area (TPSA) is 26.0 Å². The minimum Gasteiger partial charge on any atom is -0.460 e. The van der Waals surface area contributed by atoms with Crippen molar-refractivity contribution < 1.29 is 4.42 Å². The third-order valence-corrected chi connectivity index (χ3v) is 6.94. The molecule has 0 bridgehead atoms. The fourth-order valence-electron chi connectivity index (χ4n) is 3.17. The first kappa shape index (κ1) is 17.3. The average molecular weight is 400 g/mol. The van der Waals surface area contributed by atoms with Crippen molar-refractivity contribution in [3.8, 4) is 11.3 Å². The molecule has 2 aromatic heterocycles. The number of para-hydroxylation sites is 1. The molecule has 2 nitrogen and oxygen atoms in total. The first-order valence-corrected chi connectivity index (χ1v) is 10.8. The molecule has 0 aliphatic rings. The second-order valence-electron chi connectivity index (χ2n) is 6.42. The van der Waals surface area contributed by atoms with Crippen LogP contribution < -0.4 is 0 Å². The van der Waals surface area contributed by atoms with Crippen LogP contribution in [0.2, 0.25) is 0 Å². The molecule has 1 unspecified atom stereocenters. The Morgan fingerprint density at radius 3 is 2.25 bits per heavy atom. The predicted molar refractivity (Wildman–Crippen MR) is 118 cm³/mol. The molecular weight excluding hydrogens is 382 g/mol. The summed E-state index contributed by atoms with van der Waals surface area (Å²) in [5.74, 6) is 1.83. The van der Waals surface area contributed by atoms with Crippen LogP contribution in [0, 0.1) is 0 Å². The van der Waals surface area contributed by atoms with Gasteiger partial charge in [0.1, 0.15) is 11.5 Å². The highest BCUT2D eigenvalue weighted by atomic mass is 32.2. The Bertz CT molecular complexity index is 1160. The van der Waals surface area contributed by atoms with Gasteiger partial charge in [0.25, 0.3) is 0 Å². The second kappa shape index (κ2) is 7.66. The van der Waals surface area contributed by atoms with Crippen LogP contribution in [0.5, 0.6) is 0 Å². The van der Waals surface area contributed by atoms with Crippen LogP contribution in [0.25, 0.3) is 21.5 Å². The highest BCUT2D eigenvalue weighted by Crippen LogP contribution is 2.44. The summed E-state index contributed by atoms with van der Waals surface area (Å²) in [6.07, 6.45) is 0. The lowest BCUT2D eigenvalue weighted by molar-refractivity contribution is 0.531. The summed E-state index contributed by atoms with van der Waals surface area (Å²) in [7, 11) is 0. The van der Waals surface area contributed by atoms with E-state index in [0.29, 0.717) is 0 Å². The summed E-state index contributed by atoms with van der Waals surface area (Å²) in [6.45, 7) is 0. The summed E-state index contributed by atoms with van der Waals surface area (Å²) >= 11 is 3.47. The van der Waals surface area contributed by atoms with E-state index in [9.17, 15) is 0 Å². The van der Waals surface area contributed by atoms with E-state index < -0.39 is 0 Å². The van der Waals surface area contributed by atoms with Gasteiger partial charge in [0, 0.05) is 5.56 Å². The molecule has 0 N–H and O–H groups in total. The van der Waals surface area contributed by atoms with Crippen molar-refractivity contribution in [1.82, 2.24) is 4.98 Å². The first-order valence-electron chi connectivity index (χ1n) is 9.09. The average Bonchev–Trinajstić information content (AvgIpc) is 3.40. The number of fused-ring (bicyclic) bond motifs is 1. The lowest BCUT2D eigenvalue weighted by Crippen LogP contribution is -1.94. The Balaban J connectivity index is 1.53. The number of benzene rings is 3. The Labute approximate surface area is 171 Å². The van der Waals surface area contributed by atoms with Crippen molar-refractivity contribution in [2.75, 3.05) is 0 Å². The summed E-state index contributed by atoms with van der Waals surface area (Å²) in [6, 6.07) is 33.1. The van der Waals surface area contributed by atoms with Crippen molar-refractivity contribution in [2.24, 2.45) is 0 Å². The van der Waals surface area contributed by atoms with Crippen molar-refractivity contribution in [3.63, 3.8) is 0 Å². The SMILES string of the molecule is c1ccc(-c2ccc(C(Sc3nc4ccccc4s3)c3ccccc3)o2)cc1. The van der Waals surface area contributed by atoms with Crippen LogP contribution in [0.3, 0.4) is 0 Å². The lowest BCUT2D eigenvalue weighted by atomic mass is 10.1. The van der Waals surface area contributed by atoms with Gasteiger partial charge < -0.3 is 4.42 Å². The van der Waals surface area contributed by atoms with Crippen molar-refractivity contribution in [3.05, 3.63) is 108 Å². The smallest absolute Gasteiger partial charge is 0.152 e. The Morgan fingerprint density at radius 1 is 0.750 bits per heavy atom. The third kappa shape index (κ3) is 3.49. The molecule has 0 saturated carbocycles. The molecule has 5 rings (SSSR count). The first-order chi connectivity index (χ1) is 13.9. The molecule has 1 atom stereocenters. The van der Waals surface area contributed by atoms with Crippen molar-refractivity contribution >= 4 is 33.3 Å². The maximum Gasteiger partial charge on any atom is 0.152 e. The fraction of sp³-hybridized carbons (Fsp3) is 0.0417. The van der Waals surface area contributed by atoms with E-state index in [-0.39, 0.29) is 5.25 Å². The van der Waals surface area contributed by atoms with Gasteiger partial charge in [0.05, 0.1) is 15.5 Å². The zero-order valence-corrected chi connectivity index (χ0v) is 16.6. The molecule has 28 heavy (non-hydrogen) atoms. The van der Waals surface area contributed by atoms with Gasteiger partial charge >= 0.3 is 0 Å². The lowest BCUT2D eigenvalue weighted by Gasteiger charge is -2.13. The highest BCUT2D eigenvalue weighted by molar-refractivity contribution is 8.01. The van der Waals surface area contributed by atoms with Gasteiger partial charge in [-0.25, -0.2) is 4.98 Å². The van der Waals surface area contributed by atoms with Gasteiger partial charge in [-0.15, -0.1) is 11.3 Å². The fourth-order valence-corrected chi connectivity index (χ4v) is 5.51. The van der Waals surface area contributed by atoms with E-state index in [4.69, 9.17) is 9.40 Å². The Morgan fingerprint density at radius 2 is 1.46 bits per heavy atom. The largest absolute Gasteiger partial charge is 0.460 e. The monoisotopic (exact) mass is 399 g/mol. The minimum atomic E-state index is 0.0548. The molecule has 136 valence electrons. The molecule has 0 fully saturated rings. The third-order valence-electron chi connectivity index (χ3n) is 4.54. The van der Waals surface area contributed by atoms with Gasteiger partial charge in [-0.1, -0.05) is 84.6 Å². The number of thiazole rings is 1. The molecule has 5 aromatic rings. The quantitative estimate of drug-likeness (QED) is 0.287. The van der Waals surface area contributed by atoms with E-state index >= 15 is 0 Å². The number of thioether (sulfide) groups is 1. The number of rotatable bonds is 5. The van der Waals surface area contributed by atoms with E-state index in [1.807, 2.05) is 30.3 Å². The zero-order valence-electron chi connectivity index (χ0n) is 15.0. The zero-order chi connectivity index (χ0) is 18.8. The number of aromatic nitrogens is 1. The molecular formula is C24H17NOS2. The van der Waals surface area contributed by atoms with Crippen LogP contribution in [0.4, 0.5) is 0 Å². The Kier molecular flexibility index (Phi) is 4.73. The standard InChI is InChI=1S/C24H17NOS2/c1-3-9-17(10-4-1)20-15-16-21(26-20)23(18-11-5-2-6-12-18)28-24-25-19-13-7-8-14-22(19)27-24/h1-16,23H. The normalized spacial score (nSPS) is 12.3. The van der Waals surface area contributed by atoms with Crippen molar-refractivity contribution in [2.45, 2.75) is 9.59 Å². The van der Waals surface area contributed by atoms with Gasteiger partial charge in [-0.2, -0.15) is 0 Å². The van der Waals surface area contributed by atoms with Gasteiger partial charge in [-0.05, 0) is 29.8 Å². The van der Waals surface area contributed by atoms with Crippen molar-refractivity contribution in [1.29, 1.82) is 0 Å². The number of nitrogens with zero attached hydrogens (tertiary/aromatic N) is 1. The second-order valence-corrected chi connectivity index (χ2v) is 8.81. The van der Waals surface area contributed by atoms with Gasteiger partial charge in [0.15, 0.2) is 4.34 Å². The summed E-state index contributed by atoms with van der Waals surface area (Å²) in [4.78, 5) is 4.81. The van der Waals surface area contributed by atoms with Gasteiger partial charge in [-0.3, -0.25) is 0 Å². The Hall–Kier alpha value is -2.82. The molecule has 0 radical (unpaired) electrons. The van der Waals surface area contributed by atoms with E-state index in [0.717, 1.165) is 26.9 Å².